The smallest absolute Gasteiger partial charge is 0.325 e. The third-order valence-electron chi connectivity index (χ3n) is 5.23. The Labute approximate surface area is 168 Å². The molecule has 2 fully saturated rings. The number of amides is 3. The first-order chi connectivity index (χ1) is 14.0. The van der Waals surface area contributed by atoms with Crippen molar-refractivity contribution in [3.8, 4) is 5.88 Å². The highest BCUT2D eigenvalue weighted by atomic mass is 19.1. The van der Waals surface area contributed by atoms with Crippen LogP contribution in [0.15, 0.2) is 42.6 Å². The minimum atomic E-state index is -0.446. The number of carbonyl (C=O) groups excluding carboxylic acids is 2. The number of aromatic nitrogens is 1. The first kappa shape index (κ1) is 19.2. The van der Waals surface area contributed by atoms with Crippen molar-refractivity contribution in [1.82, 2.24) is 14.8 Å². The average molecular weight is 398 g/mol. The molecule has 0 spiro atoms. The van der Waals surface area contributed by atoms with E-state index in [0.29, 0.717) is 32.1 Å². The molecule has 1 unspecified atom stereocenters. The average Bonchev–Trinajstić information content (AvgIpc) is 3.32. The zero-order chi connectivity index (χ0) is 20.4. The molecule has 2 saturated heterocycles. The van der Waals surface area contributed by atoms with Crippen molar-refractivity contribution < 1.29 is 18.7 Å². The second-order valence-corrected chi connectivity index (χ2v) is 7.35. The quantitative estimate of drug-likeness (QED) is 0.776. The Kier molecular flexibility index (Phi) is 5.33. The maximum absolute atomic E-state index is 14.0. The number of pyridine rings is 1. The van der Waals surface area contributed by atoms with Gasteiger partial charge in [-0.3, -0.25) is 9.69 Å². The van der Waals surface area contributed by atoms with E-state index in [9.17, 15) is 14.0 Å². The van der Waals surface area contributed by atoms with E-state index in [1.807, 2.05) is 19.1 Å². The molecule has 0 aliphatic carbocycles. The van der Waals surface area contributed by atoms with E-state index < -0.39 is 5.82 Å². The largest absolute Gasteiger partial charge is 0.472 e. The molecule has 0 saturated carbocycles. The molecule has 2 aliphatic heterocycles. The summed E-state index contributed by atoms with van der Waals surface area (Å²) in [4.78, 5) is 34.1. The molecule has 0 N–H and O–H groups in total. The lowest BCUT2D eigenvalue weighted by Gasteiger charge is -2.22. The molecule has 152 valence electrons. The molecule has 0 radical (unpaired) electrons. The molecule has 4 rings (SSSR count). The van der Waals surface area contributed by atoms with Crippen LogP contribution < -0.4 is 9.64 Å². The number of rotatable bonds is 5. The number of urea groups is 1. The molecule has 1 atom stereocenters. The first-order valence-electron chi connectivity index (χ1n) is 9.69. The van der Waals surface area contributed by atoms with Crippen LogP contribution >= 0.6 is 0 Å². The number of aryl methyl sites for hydroxylation is 1. The number of hydrogen-bond acceptors (Lipinski definition) is 4. The SMILES string of the molecule is Cc1ccc(OC2CCN(C(=O)CN3CCN(c4ccccc4F)C3=O)C2)nc1. The third kappa shape index (κ3) is 4.16. The van der Waals surface area contributed by atoms with Gasteiger partial charge in [0.1, 0.15) is 18.5 Å². The normalized spacial score (nSPS) is 19.2. The Balaban J connectivity index is 1.31. The molecular weight excluding hydrogens is 375 g/mol. The summed E-state index contributed by atoms with van der Waals surface area (Å²) in [5.74, 6) is -0.0277. The van der Waals surface area contributed by atoms with Crippen LogP contribution in [0.5, 0.6) is 5.88 Å². The van der Waals surface area contributed by atoms with Gasteiger partial charge in [0.2, 0.25) is 11.8 Å². The van der Waals surface area contributed by atoms with E-state index in [1.165, 1.54) is 15.9 Å². The van der Waals surface area contributed by atoms with Crippen molar-refractivity contribution >= 4 is 17.6 Å². The molecule has 8 heteroatoms. The fraction of sp³-hybridized carbons (Fsp3) is 0.381. The van der Waals surface area contributed by atoms with Crippen LogP contribution in [0.3, 0.4) is 0 Å². The molecule has 1 aromatic carbocycles. The van der Waals surface area contributed by atoms with Crippen LogP contribution in [0.4, 0.5) is 14.9 Å². The topological polar surface area (TPSA) is 66.0 Å². The summed E-state index contributed by atoms with van der Waals surface area (Å²) in [6, 6.07) is 9.56. The van der Waals surface area contributed by atoms with Gasteiger partial charge in [-0.1, -0.05) is 18.2 Å². The van der Waals surface area contributed by atoms with Crippen molar-refractivity contribution in [2.24, 2.45) is 0 Å². The summed E-state index contributed by atoms with van der Waals surface area (Å²) in [6.45, 7) is 3.73. The van der Waals surface area contributed by atoms with Crippen LogP contribution in [0.2, 0.25) is 0 Å². The fourth-order valence-corrected chi connectivity index (χ4v) is 3.63. The van der Waals surface area contributed by atoms with E-state index in [4.69, 9.17) is 4.74 Å². The highest BCUT2D eigenvalue weighted by molar-refractivity contribution is 5.96. The summed E-state index contributed by atoms with van der Waals surface area (Å²) in [6.07, 6.45) is 2.35. The molecule has 1 aromatic heterocycles. The van der Waals surface area contributed by atoms with E-state index in [-0.39, 0.29) is 30.3 Å². The zero-order valence-corrected chi connectivity index (χ0v) is 16.3. The van der Waals surface area contributed by atoms with Crippen molar-refractivity contribution in [3.05, 3.63) is 54.0 Å². The highest BCUT2D eigenvalue weighted by Crippen LogP contribution is 2.24. The number of para-hydroxylation sites is 1. The Morgan fingerprint density at radius 3 is 2.79 bits per heavy atom. The van der Waals surface area contributed by atoms with E-state index in [0.717, 1.165) is 12.0 Å². The second-order valence-electron chi connectivity index (χ2n) is 7.35. The van der Waals surface area contributed by atoms with Gasteiger partial charge in [0.05, 0.1) is 12.2 Å². The second kappa shape index (κ2) is 8.06. The van der Waals surface area contributed by atoms with Crippen LogP contribution in [0.25, 0.3) is 0 Å². The number of ether oxygens (including phenoxy) is 1. The van der Waals surface area contributed by atoms with E-state index in [2.05, 4.69) is 4.98 Å². The third-order valence-corrected chi connectivity index (χ3v) is 5.23. The van der Waals surface area contributed by atoms with Gasteiger partial charge >= 0.3 is 6.03 Å². The molecule has 3 heterocycles. The van der Waals surface area contributed by atoms with Crippen LogP contribution in [-0.4, -0.2) is 65.5 Å². The first-order valence-corrected chi connectivity index (χ1v) is 9.69. The predicted molar refractivity (Wildman–Crippen MR) is 105 cm³/mol. The Hall–Kier alpha value is -3.16. The van der Waals surface area contributed by atoms with Crippen LogP contribution in [-0.2, 0) is 4.79 Å². The summed E-state index contributed by atoms with van der Waals surface area (Å²) in [7, 11) is 0. The van der Waals surface area contributed by atoms with Gasteiger partial charge < -0.3 is 14.5 Å². The Morgan fingerprint density at radius 1 is 1.21 bits per heavy atom. The number of anilines is 1. The molecule has 3 amide bonds. The lowest BCUT2D eigenvalue weighted by atomic mass is 10.3. The predicted octanol–water partition coefficient (Wildman–Crippen LogP) is 2.45. The van der Waals surface area contributed by atoms with Gasteiger partial charge in [-0.2, -0.15) is 0 Å². The fourth-order valence-electron chi connectivity index (χ4n) is 3.63. The van der Waals surface area contributed by atoms with Crippen LogP contribution in [0, 0.1) is 12.7 Å². The molecule has 7 nitrogen and oxygen atoms in total. The zero-order valence-electron chi connectivity index (χ0n) is 16.3. The standard InChI is InChI=1S/C21H23FN4O3/c1-15-6-7-19(23-12-15)29-16-8-9-24(13-16)20(27)14-25-10-11-26(21(25)28)18-5-3-2-4-17(18)22/h2-7,12,16H,8-11,13-14H2,1H3. The number of hydrogen-bond donors (Lipinski definition) is 0. The maximum atomic E-state index is 14.0. The molecule has 29 heavy (non-hydrogen) atoms. The number of nitrogens with zero attached hydrogens (tertiary/aromatic N) is 4. The van der Waals surface area contributed by atoms with Gasteiger partial charge in [-0.15, -0.1) is 0 Å². The van der Waals surface area contributed by atoms with Crippen molar-refractivity contribution in [2.45, 2.75) is 19.4 Å². The minimum absolute atomic E-state index is 0.0146. The van der Waals surface area contributed by atoms with E-state index >= 15 is 0 Å². The molecule has 2 aromatic rings. The number of carbonyl (C=O) groups is 2. The van der Waals surface area contributed by atoms with Crippen molar-refractivity contribution in [3.63, 3.8) is 0 Å². The number of benzene rings is 1. The molecular formula is C21H23FN4O3. The van der Waals surface area contributed by atoms with Gasteiger partial charge in [0.25, 0.3) is 0 Å². The highest BCUT2D eigenvalue weighted by Gasteiger charge is 2.35. The lowest BCUT2D eigenvalue weighted by Crippen LogP contribution is -2.42. The summed E-state index contributed by atoms with van der Waals surface area (Å²) in [5, 5.41) is 0. The summed E-state index contributed by atoms with van der Waals surface area (Å²) >= 11 is 0. The monoisotopic (exact) mass is 398 g/mol. The van der Waals surface area contributed by atoms with E-state index in [1.54, 1.807) is 29.3 Å². The Bertz CT molecular complexity index is 905. The number of likely N-dealkylation sites (tertiary alicyclic amines) is 1. The minimum Gasteiger partial charge on any atom is -0.472 e. The summed E-state index contributed by atoms with van der Waals surface area (Å²) < 4.78 is 19.8. The van der Waals surface area contributed by atoms with Gasteiger partial charge in [-0.05, 0) is 24.6 Å². The van der Waals surface area contributed by atoms with Crippen molar-refractivity contribution in [1.29, 1.82) is 0 Å². The van der Waals surface area contributed by atoms with Crippen molar-refractivity contribution in [2.75, 3.05) is 37.6 Å². The molecule has 2 aliphatic rings. The van der Waals surface area contributed by atoms with Gasteiger partial charge in [0.15, 0.2) is 0 Å². The summed E-state index contributed by atoms with van der Waals surface area (Å²) in [5.41, 5.74) is 1.30. The van der Waals surface area contributed by atoms with Gasteiger partial charge in [0, 0.05) is 38.3 Å². The Morgan fingerprint density at radius 2 is 2.03 bits per heavy atom. The van der Waals surface area contributed by atoms with Gasteiger partial charge in [-0.25, -0.2) is 14.2 Å². The van der Waals surface area contributed by atoms with Crippen LogP contribution in [0.1, 0.15) is 12.0 Å². The maximum Gasteiger partial charge on any atom is 0.325 e. The molecule has 0 bridgehead atoms. The lowest BCUT2D eigenvalue weighted by molar-refractivity contribution is -0.130. The number of halogens is 1.